The van der Waals surface area contributed by atoms with E-state index in [1.165, 1.54) is 44.5 Å². The van der Waals surface area contributed by atoms with Crippen molar-refractivity contribution in [3.05, 3.63) is 166 Å². The molecule has 0 heterocycles. The third kappa shape index (κ3) is 3.33. The molecule has 0 amide bonds. The molecule has 4 aromatic carbocycles. The van der Waals surface area contributed by atoms with Crippen LogP contribution in [0.5, 0.6) is 0 Å². The van der Waals surface area contributed by atoms with E-state index in [4.69, 9.17) is 0 Å². The maximum atomic E-state index is 2.58. The summed E-state index contributed by atoms with van der Waals surface area (Å²) < 4.78 is 0. The molecule has 4 aliphatic carbocycles. The molecule has 4 aliphatic rings. The third-order valence-electron chi connectivity index (χ3n) is 9.35. The van der Waals surface area contributed by atoms with Crippen LogP contribution < -0.4 is 29.6 Å². The van der Waals surface area contributed by atoms with Crippen LogP contribution >= 0.6 is 0 Å². The standard InChI is InChI=1S/C36H28Si.Na.H/c1-5-13-29-25(9-1)17-21-33(29)37(34-22-18-26-10-2-6-14-30(26)34,35-23-19-27-11-3-7-15-31(27)35)36-24-20-28-12-4-8-16-32(28)36;;/h1-24,33-36H;;/q;+1;-1. The summed E-state index contributed by atoms with van der Waals surface area (Å²) in [6.07, 6.45) is 19.9. The number of rotatable bonds is 4. The Hall–Kier alpha value is -2.94. The van der Waals surface area contributed by atoms with E-state index in [0.29, 0.717) is 22.2 Å². The second kappa shape index (κ2) is 9.36. The van der Waals surface area contributed by atoms with E-state index in [2.05, 4.69) is 146 Å². The van der Waals surface area contributed by atoms with Gasteiger partial charge in [0.1, 0.15) is 0 Å². The molecule has 0 bridgehead atoms. The summed E-state index contributed by atoms with van der Waals surface area (Å²) in [7, 11) is -2.42. The number of hydrogen-bond donors (Lipinski definition) is 0. The molecule has 0 spiro atoms. The second-order valence-electron chi connectivity index (χ2n) is 10.9. The molecule has 4 unspecified atom stereocenters. The molecule has 8 rings (SSSR count). The second-order valence-corrected chi connectivity index (χ2v) is 15.4. The van der Waals surface area contributed by atoms with Crippen LogP contribution in [-0.2, 0) is 0 Å². The fourth-order valence-electron chi connectivity index (χ4n) is 7.90. The van der Waals surface area contributed by atoms with Gasteiger partial charge in [0.25, 0.3) is 0 Å². The fourth-order valence-corrected chi connectivity index (χ4v) is 15.1. The van der Waals surface area contributed by atoms with Gasteiger partial charge in [0.2, 0.25) is 0 Å². The van der Waals surface area contributed by atoms with Crippen LogP contribution in [0.1, 0.15) is 68.1 Å². The first-order valence-electron chi connectivity index (χ1n) is 13.4. The Morgan fingerprint density at radius 2 is 0.605 bits per heavy atom. The molecule has 0 aliphatic heterocycles. The van der Waals surface area contributed by atoms with Crippen molar-refractivity contribution in [1.82, 2.24) is 0 Å². The Morgan fingerprint density at radius 3 is 0.868 bits per heavy atom. The fraction of sp³-hybridized carbons (Fsp3) is 0.111. The van der Waals surface area contributed by atoms with Crippen molar-refractivity contribution in [1.29, 1.82) is 0 Å². The summed E-state index contributed by atoms with van der Waals surface area (Å²) in [6.45, 7) is 0. The Kier molecular flexibility index (Phi) is 5.94. The van der Waals surface area contributed by atoms with Gasteiger partial charge < -0.3 is 1.43 Å². The van der Waals surface area contributed by atoms with Crippen LogP contribution in [0.4, 0.5) is 0 Å². The van der Waals surface area contributed by atoms with Crippen molar-refractivity contribution in [3.8, 4) is 0 Å². The molecular formula is C36H29NaSi. The largest absolute Gasteiger partial charge is 1.00 e. The molecule has 0 aromatic heterocycles. The molecule has 178 valence electrons. The summed E-state index contributed by atoms with van der Waals surface area (Å²) in [6, 6.07) is 36.6. The quantitative estimate of drug-likeness (QED) is 0.297. The maximum Gasteiger partial charge on any atom is 1.00 e. The minimum absolute atomic E-state index is 0. The van der Waals surface area contributed by atoms with Gasteiger partial charge in [-0.2, -0.15) is 0 Å². The molecule has 4 aromatic rings. The van der Waals surface area contributed by atoms with Gasteiger partial charge in [-0.05, 0) is 44.5 Å². The van der Waals surface area contributed by atoms with Crippen molar-refractivity contribution >= 4 is 32.4 Å². The molecule has 0 saturated carbocycles. The van der Waals surface area contributed by atoms with Crippen LogP contribution in [-0.4, -0.2) is 8.07 Å². The summed E-state index contributed by atoms with van der Waals surface area (Å²) in [5.74, 6) is 0. The molecule has 38 heavy (non-hydrogen) atoms. The Morgan fingerprint density at radius 1 is 0.368 bits per heavy atom. The molecule has 0 saturated heterocycles. The van der Waals surface area contributed by atoms with E-state index in [1.54, 1.807) is 0 Å². The van der Waals surface area contributed by atoms with Crippen molar-refractivity contribution in [3.63, 3.8) is 0 Å². The van der Waals surface area contributed by atoms with Crippen LogP contribution in [0.25, 0.3) is 24.3 Å². The van der Waals surface area contributed by atoms with Gasteiger partial charge in [0.05, 0.1) is 8.07 Å². The SMILES string of the molecule is C1=CC([Si](C2C=Cc3ccccc32)(C2C=Cc3ccccc32)C2C=Cc3ccccc32)c2ccccc21.[H-].[Na+]. The van der Waals surface area contributed by atoms with Crippen LogP contribution in [0, 0.1) is 0 Å². The van der Waals surface area contributed by atoms with Gasteiger partial charge in [0, 0.05) is 22.2 Å². The van der Waals surface area contributed by atoms with Gasteiger partial charge in [-0.15, -0.1) is 0 Å². The monoisotopic (exact) mass is 512 g/mol. The zero-order chi connectivity index (χ0) is 24.4. The first-order chi connectivity index (χ1) is 18.4. The summed E-state index contributed by atoms with van der Waals surface area (Å²) in [5.41, 5.74) is 13.3. The first kappa shape index (κ1) is 24.1. The van der Waals surface area contributed by atoms with E-state index in [0.717, 1.165) is 0 Å². The Balaban J connectivity index is 0.00000138. The van der Waals surface area contributed by atoms with Gasteiger partial charge in [-0.1, -0.05) is 146 Å². The molecule has 2 heteroatoms. The van der Waals surface area contributed by atoms with E-state index >= 15 is 0 Å². The van der Waals surface area contributed by atoms with E-state index in [-0.39, 0.29) is 31.0 Å². The van der Waals surface area contributed by atoms with Gasteiger partial charge >= 0.3 is 29.6 Å². The average molecular weight is 513 g/mol. The zero-order valence-corrected chi connectivity index (χ0v) is 24.7. The molecular weight excluding hydrogens is 483 g/mol. The number of fused-ring (bicyclic) bond motifs is 4. The summed E-state index contributed by atoms with van der Waals surface area (Å²) in [4.78, 5) is 0. The number of benzene rings is 4. The van der Waals surface area contributed by atoms with Crippen LogP contribution in [0.15, 0.2) is 121 Å². The predicted octanol–water partition coefficient (Wildman–Crippen LogP) is 5.95. The minimum Gasteiger partial charge on any atom is -1.00 e. The van der Waals surface area contributed by atoms with Crippen molar-refractivity contribution < 1.29 is 31.0 Å². The predicted molar refractivity (Wildman–Crippen MR) is 160 cm³/mol. The van der Waals surface area contributed by atoms with Crippen molar-refractivity contribution in [2.24, 2.45) is 0 Å². The third-order valence-corrected chi connectivity index (χ3v) is 15.7. The van der Waals surface area contributed by atoms with E-state index < -0.39 is 8.07 Å². The van der Waals surface area contributed by atoms with Gasteiger partial charge in [-0.25, -0.2) is 0 Å². The maximum absolute atomic E-state index is 2.58. The van der Waals surface area contributed by atoms with Gasteiger partial charge in [-0.3, -0.25) is 0 Å². The molecule has 0 nitrogen and oxygen atoms in total. The Labute approximate surface area is 249 Å². The summed E-state index contributed by atoms with van der Waals surface area (Å²) in [5, 5.41) is 0. The first-order valence-corrected chi connectivity index (χ1v) is 15.7. The van der Waals surface area contributed by atoms with E-state index in [9.17, 15) is 0 Å². The summed E-state index contributed by atoms with van der Waals surface area (Å²) >= 11 is 0. The smallest absolute Gasteiger partial charge is 1.00 e. The van der Waals surface area contributed by atoms with E-state index in [1.807, 2.05) is 0 Å². The molecule has 4 atom stereocenters. The number of allylic oxidation sites excluding steroid dienone is 4. The van der Waals surface area contributed by atoms with Crippen LogP contribution in [0.2, 0.25) is 0 Å². The van der Waals surface area contributed by atoms with Crippen molar-refractivity contribution in [2.45, 2.75) is 22.2 Å². The molecule has 0 fully saturated rings. The van der Waals surface area contributed by atoms with Crippen LogP contribution in [0.3, 0.4) is 0 Å². The minimum atomic E-state index is -2.42. The molecule has 0 N–H and O–H groups in total. The molecule has 0 radical (unpaired) electrons. The van der Waals surface area contributed by atoms with Crippen molar-refractivity contribution in [2.75, 3.05) is 0 Å². The average Bonchev–Trinajstić information content (AvgIpc) is 3.75. The topological polar surface area (TPSA) is 0 Å². The number of hydrogen-bond acceptors (Lipinski definition) is 0. The Bertz CT molecular complexity index is 1430. The zero-order valence-electron chi connectivity index (χ0n) is 22.7. The normalized spacial score (nSPS) is 24.4. The van der Waals surface area contributed by atoms with Gasteiger partial charge in [0.15, 0.2) is 0 Å².